The second kappa shape index (κ2) is 7.19. The molecule has 0 aliphatic rings. The summed E-state index contributed by atoms with van der Waals surface area (Å²) in [6.45, 7) is 11.0. The molecule has 0 saturated carbocycles. The maximum atomic E-state index is 11.6. The number of hydrogen-bond donors (Lipinski definition) is 1. The van der Waals surface area contributed by atoms with Gasteiger partial charge in [0.1, 0.15) is 5.60 Å². The molecule has 1 atom stereocenters. The topological polar surface area (TPSA) is 55.4 Å². The molecule has 1 amide bonds. The summed E-state index contributed by atoms with van der Waals surface area (Å²) in [5.41, 5.74) is -0.517. The van der Waals surface area contributed by atoms with E-state index < -0.39 is 11.7 Å². The third-order valence-electron chi connectivity index (χ3n) is 1.99. The van der Waals surface area contributed by atoms with E-state index in [4.69, 9.17) is 4.74 Å². The van der Waals surface area contributed by atoms with Crippen LogP contribution in [0.15, 0.2) is 12.2 Å². The summed E-state index contributed by atoms with van der Waals surface area (Å²) in [5, 5.41) is 2.76. The lowest BCUT2D eigenvalue weighted by atomic mass is 10.0. The summed E-state index contributed by atoms with van der Waals surface area (Å²) in [6, 6.07) is -0.177. The molecule has 0 spiro atoms. The van der Waals surface area contributed by atoms with Gasteiger partial charge in [-0.3, -0.25) is 4.79 Å². The van der Waals surface area contributed by atoms with Gasteiger partial charge in [-0.05, 0) is 46.1 Å². The number of carbonyl (C=O) groups is 2. The van der Waals surface area contributed by atoms with Gasteiger partial charge in [0.25, 0.3) is 0 Å². The molecule has 104 valence electrons. The molecule has 0 bridgehead atoms. The van der Waals surface area contributed by atoms with Crippen molar-refractivity contribution in [2.45, 2.75) is 59.6 Å². The molecule has 0 aromatic heterocycles. The molecule has 0 aromatic rings. The number of allylic oxidation sites excluding steroid dienone is 1. The molecule has 1 N–H and O–H groups in total. The van der Waals surface area contributed by atoms with Crippen molar-refractivity contribution in [3.63, 3.8) is 0 Å². The van der Waals surface area contributed by atoms with Crippen molar-refractivity contribution in [1.29, 1.82) is 0 Å². The molecule has 4 nitrogen and oxygen atoms in total. The van der Waals surface area contributed by atoms with E-state index in [1.54, 1.807) is 6.08 Å². The Balaban J connectivity index is 4.49. The Labute approximate surface area is 110 Å². The highest BCUT2D eigenvalue weighted by molar-refractivity contribution is 5.87. The molecule has 0 rings (SSSR count). The van der Waals surface area contributed by atoms with Gasteiger partial charge in [-0.2, -0.15) is 0 Å². The molecular formula is C14H25NO3. The third-order valence-corrected chi connectivity index (χ3v) is 1.99. The van der Waals surface area contributed by atoms with Crippen LogP contribution in [0.2, 0.25) is 0 Å². The van der Waals surface area contributed by atoms with Gasteiger partial charge in [0, 0.05) is 0 Å². The van der Waals surface area contributed by atoms with Crippen molar-refractivity contribution >= 4 is 11.9 Å². The summed E-state index contributed by atoms with van der Waals surface area (Å²) >= 11 is 0. The minimum atomic E-state index is -0.517. The van der Waals surface area contributed by atoms with Crippen LogP contribution in [0.25, 0.3) is 0 Å². The van der Waals surface area contributed by atoms with Gasteiger partial charge in [0.05, 0.1) is 6.04 Å². The van der Waals surface area contributed by atoms with Crippen molar-refractivity contribution < 1.29 is 14.3 Å². The van der Waals surface area contributed by atoms with Crippen LogP contribution in [0.1, 0.15) is 48.0 Å². The molecule has 0 aliphatic carbocycles. The van der Waals surface area contributed by atoms with E-state index >= 15 is 0 Å². The lowest BCUT2D eigenvalue weighted by Crippen LogP contribution is -2.38. The van der Waals surface area contributed by atoms with E-state index in [-0.39, 0.29) is 11.8 Å². The normalized spacial score (nSPS) is 13.7. The zero-order valence-electron chi connectivity index (χ0n) is 12.2. The Hall–Kier alpha value is -1.32. The quantitative estimate of drug-likeness (QED) is 0.768. The van der Waals surface area contributed by atoms with Gasteiger partial charge < -0.3 is 10.1 Å². The SMILES string of the molecule is CC(=O)/C=C/[C@H](CC(C)C)NC(=O)OC(C)(C)C. The minimum Gasteiger partial charge on any atom is -0.444 e. The van der Waals surface area contributed by atoms with Crippen molar-refractivity contribution in [1.82, 2.24) is 5.32 Å². The highest BCUT2D eigenvalue weighted by atomic mass is 16.6. The molecule has 0 saturated heterocycles. The third kappa shape index (κ3) is 9.87. The molecule has 0 aliphatic heterocycles. The average Bonchev–Trinajstić information content (AvgIpc) is 2.09. The van der Waals surface area contributed by atoms with E-state index in [1.165, 1.54) is 13.0 Å². The maximum absolute atomic E-state index is 11.6. The fourth-order valence-electron chi connectivity index (χ4n) is 1.40. The van der Waals surface area contributed by atoms with Gasteiger partial charge in [0.15, 0.2) is 5.78 Å². The number of nitrogens with one attached hydrogen (secondary N) is 1. The van der Waals surface area contributed by atoms with Crippen LogP contribution in [0, 0.1) is 5.92 Å². The molecule has 0 aromatic carbocycles. The first-order chi connectivity index (χ1) is 8.10. The van der Waals surface area contributed by atoms with Gasteiger partial charge in [-0.1, -0.05) is 19.9 Å². The molecule has 0 radical (unpaired) electrons. The van der Waals surface area contributed by atoms with Crippen LogP contribution in [0.4, 0.5) is 4.79 Å². The summed E-state index contributed by atoms with van der Waals surface area (Å²) in [5.74, 6) is 0.385. The number of ketones is 1. The van der Waals surface area contributed by atoms with Crippen LogP contribution in [-0.2, 0) is 9.53 Å². The number of carbonyl (C=O) groups excluding carboxylic acids is 2. The van der Waals surface area contributed by atoms with Gasteiger partial charge >= 0.3 is 6.09 Å². The fourth-order valence-corrected chi connectivity index (χ4v) is 1.40. The first kappa shape index (κ1) is 16.7. The molecule has 0 fully saturated rings. The number of hydrogen-bond acceptors (Lipinski definition) is 3. The Kier molecular flexibility index (Phi) is 6.66. The predicted octanol–water partition coefficient (Wildman–Crippen LogP) is 3.07. The lowest BCUT2D eigenvalue weighted by molar-refractivity contribution is -0.112. The standard InChI is InChI=1S/C14H25NO3/c1-10(2)9-12(8-7-11(3)16)15-13(17)18-14(4,5)6/h7-8,10,12H,9H2,1-6H3,(H,15,17)/b8-7+/t12-/m1/s1. The number of ether oxygens (including phenoxy) is 1. The smallest absolute Gasteiger partial charge is 0.408 e. The highest BCUT2D eigenvalue weighted by Gasteiger charge is 2.18. The Morgan fingerprint density at radius 2 is 1.83 bits per heavy atom. The van der Waals surface area contributed by atoms with Crippen molar-refractivity contribution in [3.05, 3.63) is 12.2 Å². The summed E-state index contributed by atoms with van der Waals surface area (Å²) < 4.78 is 5.19. The molecule has 18 heavy (non-hydrogen) atoms. The van der Waals surface area contributed by atoms with Crippen LogP contribution in [0.3, 0.4) is 0 Å². The van der Waals surface area contributed by atoms with E-state index in [2.05, 4.69) is 19.2 Å². The van der Waals surface area contributed by atoms with E-state index in [9.17, 15) is 9.59 Å². The van der Waals surface area contributed by atoms with Crippen molar-refractivity contribution in [2.75, 3.05) is 0 Å². The van der Waals surface area contributed by atoms with Crippen molar-refractivity contribution in [3.8, 4) is 0 Å². The van der Waals surface area contributed by atoms with Gasteiger partial charge in [0.2, 0.25) is 0 Å². The second-order valence-electron chi connectivity index (χ2n) is 5.85. The highest BCUT2D eigenvalue weighted by Crippen LogP contribution is 2.10. The van der Waals surface area contributed by atoms with Gasteiger partial charge in [-0.25, -0.2) is 4.79 Å². The minimum absolute atomic E-state index is 0.0326. The molecule has 0 unspecified atom stereocenters. The lowest BCUT2D eigenvalue weighted by Gasteiger charge is -2.23. The van der Waals surface area contributed by atoms with Crippen LogP contribution < -0.4 is 5.32 Å². The molecule has 4 heteroatoms. The monoisotopic (exact) mass is 255 g/mol. The number of alkyl carbamates (subject to hydrolysis) is 1. The number of rotatable bonds is 5. The Morgan fingerprint density at radius 3 is 2.22 bits per heavy atom. The van der Waals surface area contributed by atoms with E-state index in [0.717, 1.165) is 6.42 Å². The van der Waals surface area contributed by atoms with Crippen LogP contribution >= 0.6 is 0 Å². The van der Waals surface area contributed by atoms with Crippen molar-refractivity contribution in [2.24, 2.45) is 5.92 Å². The number of amides is 1. The largest absolute Gasteiger partial charge is 0.444 e. The first-order valence-electron chi connectivity index (χ1n) is 6.28. The van der Waals surface area contributed by atoms with Crippen LogP contribution in [-0.4, -0.2) is 23.5 Å². The van der Waals surface area contributed by atoms with Crippen LogP contribution in [0.5, 0.6) is 0 Å². The zero-order chi connectivity index (χ0) is 14.3. The predicted molar refractivity (Wildman–Crippen MR) is 72.4 cm³/mol. The summed E-state index contributed by atoms with van der Waals surface area (Å²) in [4.78, 5) is 22.6. The molecular weight excluding hydrogens is 230 g/mol. The molecule has 0 heterocycles. The summed E-state index contributed by atoms with van der Waals surface area (Å²) in [7, 11) is 0. The maximum Gasteiger partial charge on any atom is 0.408 e. The fraction of sp³-hybridized carbons (Fsp3) is 0.714. The first-order valence-corrected chi connectivity index (χ1v) is 6.28. The Bertz CT molecular complexity index is 313. The van der Waals surface area contributed by atoms with E-state index in [1.807, 2.05) is 20.8 Å². The summed E-state index contributed by atoms with van der Waals surface area (Å²) in [6.07, 6.45) is 3.50. The average molecular weight is 255 g/mol. The van der Waals surface area contributed by atoms with Gasteiger partial charge in [-0.15, -0.1) is 0 Å². The zero-order valence-corrected chi connectivity index (χ0v) is 12.2. The second-order valence-corrected chi connectivity index (χ2v) is 5.85. The Morgan fingerprint density at radius 1 is 1.28 bits per heavy atom. The van der Waals surface area contributed by atoms with E-state index in [0.29, 0.717) is 5.92 Å².